The lowest BCUT2D eigenvalue weighted by Crippen LogP contribution is -2.44. The van der Waals surface area contributed by atoms with Gasteiger partial charge < -0.3 is 9.88 Å². The topological polar surface area (TPSA) is 84.3 Å². The molecule has 0 radical (unpaired) electrons. The Morgan fingerprint density at radius 1 is 1.42 bits per heavy atom. The van der Waals surface area contributed by atoms with Crippen molar-refractivity contribution < 1.29 is 13.2 Å². The highest BCUT2D eigenvalue weighted by Gasteiger charge is 2.28. The molecular weight excluding hydrogens is 328 g/mol. The third-order valence-electron chi connectivity index (χ3n) is 4.50. The van der Waals surface area contributed by atoms with Gasteiger partial charge in [-0.1, -0.05) is 13.3 Å². The monoisotopic (exact) mass is 356 g/mol. The summed E-state index contributed by atoms with van der Waals surface area (Å²) in [4.78, 5) is 16.2. The van der Waals surface area contributed by atoms with E-state index >= 15 is 0 Å². The number of sulfonamides is 1. The van der Waals surface area contributed by atoms with E-state index in [9.17, 15) is 13.2 Å². The molecule has 2 rings (SSSR count). The van der Waals surface area contributed by atoms with Crippen LogP contribution < -0.4 is 5.32 Å². The van der Waals surface area contributed by atoms with E-state index in [2.05, 4.69) is 10.3 Å². The van der Waals surface area contributed by atoms with Gasteiger partial charge in [-0.2, -0.15) is 4.31 Å². The van der Waals surface area contributed by atoms with E-state index in [4.69, 9.17) is 0 Å². The molecule has 0 saturated carbocycles. The lowest BCUT2D eigenvalue weighted by molar-refractivity contribution is -0.121. The second-order valence-corrected chi connectivity index (χ2v) is 8.24. The Kier molecular flexibility index (Phi) is 6.79. The van der Waals surface area contributed by atoms with Crippen molar-refractivity contribution in [1.29, 1.82) is 0 Å². The highest BCUT2D eigenvalue weighted by molar-refractivity contribution is 7.88. The third-order valence-corrected chi connectivity index (χ3v) is 5.83. The van der Waals surface area contributed by atoms with Crippen LogP contribution in [0.4, 0.5) is 0 Å². The van der Waals surface area contributed by atoms with Gasteiger partial charge in [0.1, 0.15) is 5.82 Å². The van der Waals surface area contributed by atoms with E-state index in [1.165, 1.54) is 6.26 Å². The Morgan fingerprint density at radius 3 is 2.92 bits per heavy atom. The van der Waals surface area contributed by atoms with Gasteiger partial charge in [0.05, 0.1) is 6.26 Å². The van der Waals surface area contributed by atoms with Crippen LogP contribution >= 0.6 is 0 Å². The van der Waals surface area contributed by atoms with Gasteiger partial charge >= 0.3 is 0 Å². The van der Waals surface area contributed by atoms with Crippen molar-refractivity contribution in [2.75, 3.05) is 19.3 Å². The molecule has 0 aromatic carbocycles. The van der Waals surface area contributed by atoms with Gasteiger partial charge in [-0.3, -0.25) is 4.79 Å². The fourth-order valence-corrected chi connectivity index (χ4v) is 4.46. The largest absolute Gasteiger partial charge is 0.356 e. The van der Waals surface area contributed by atoms with E-state index in [0.717, 1.165) is 31.5 Å². The average Bonchev–Trinajstić information content (AvgIpc) is 3.00. The van der Waals surface area contributed by atoms with E-state index in [-0.39, 0.29) is 11.9 Å². The van der Waals surface area contributed by atoms with Crippen LogP contribution in [0.5, 0.6) is 0 Å². The van der Waals surface area contributed by atoms with Crippen LogP contribution in [0.25, 0.3) is 0 Å². The Hall–Kier alpha value is -1.41. The number of carbonyl (C=O) groups excluding carboxylic acids is 1. The zero-order chi connectivity index (χ0) is 17.6. The van der Waals surface area contributed by atoms with Gasteiger partial charge in [0.15, 0.2) is 0 Å². The summed E-state index contributed by atoms with van der Waals surface area (Å²) in [5, 5.41) is 2.91. The van der Waals surface area contributed by atoms with E-state index in [1.54, 1.807) is 10.5 Å². The number of nitrogens with zero attached hydrogens (tertiary/aromatic N) is 3. The van der Waals surface area contributed by atoms with Crippen LogP contribution in [0.2, 0.25) is 0 Å². The Bertz CT molecular complexity index is 642. The summed E-state index contributed by atoms with van der Waals surface area (Å²) in [7, 11) is -3.16. The normalized spacial score (nSPS) is 19.3. The van der Waals surface area contributed by atoms with Crippen molar-refractivity contribution in [1.82, 2.24) is 19.2 Å². The number of amides is 1. The van der Waals surface area contributed by atoms with Crippen LogP contribution in [0.3, 0.4) is 0 Å². The van der Waals surface area contributed by atoms with Crippen LogP contribution in [0.15, 0.2) is 12.4 Å². The molecule has 1 aliphatic heterocycles. The van der Waals surface area contributed by atoms with Crippen LogP contribution in [-0.2, 0) is 27.8 Å². The zero-order valence-electron chi connectivity index (χ0n) is 14.6. The molecule has 0 bridgehead atoms. The molecule has 1 fully saturated rings. The molecule has 2 heterocycles. The van der Waals surface area contributed by atoms with Crippen molar-refractivity contribution in [2.45, 2.75) is 58.0 Å². The standard InChI is InChI=1S/C16H28N4O3S/c1-3-15-17-10-13-19(15)12-8-16(21)18-9-7-14-6-4-5-11-20(14)24(2,22)23/h10,13-14H,3-9,11-12H2,1-2H3,(H,18,21)/t14-/m1/s1. The van der Waals surface area contributed by atoms with E-state index in [1.807, 2.05) is 17.7 Å². The quantitative estimate of drug-likeness (QED) is 0.757. The minimum Gasteiger partial charge on any atom is -0.356 e. The molecule has 1 saturated heterocycles. The molecule has 1 aromatic heterocycles. The molecular formula is C16H28N4O3S. The molecule has 0 unspecified atom stereocenters. The fourth-order valence-electron chi connectivity index (χ4n) is 3.25. The summed E-state index contributed by atoms with van der Waals surface area (Å²) < 4.78 is 27.2. The molecule has 136 valence electrons. The lowest BCUT2D eigenvalue weighted by atomic mass is 10.0. The number of carbonyl (C=O) groups is 1. The smallest absolute Gasteiger partial charge is 0.221 e. The highest BCUT2D eigenvalue weighted by Crippen LogP contribution is 2.21. The van der Waals surface area contributed by atoms with Crippen molar-refractivity contribution in [2.24, 2.45) is 0 Å². The minimum absolute atomic E-state index is 0.00697. The van der Waals surface area contributed by atoms with E-state index < -0.39 is 10.0 Å². The molecule has 1 aromatic rings. The minimum atomic E-state index is -3.16. The van der Waals surface area contributed by atoms with Crippen LogP contribution in [0, 0.1) is 0 Å². The fraction of sp³-hybridized carbons (Fsp3) is 0.750. The highest BCUT2D eigenvalue weighted by atomic mass is 32.2. The Balaban J connectivity index is 1.73. The van der Waals surface area contributed by atoms with Gasteiger partial charge in [0, 0.05) is 50.9 Å². The lowest BCUT2D eigenvalue weighted by Gasteiger charge is -2.33. The summed E-state index contributed by atoms with van der Waals surface area (Å²) in [6, 6.07) is 0.00870. The van der Waals surface area contributed by atoms with Crippen molar-refractivity contribution in [3.63, 3.8) is 0 Å². The van der Waals surface area contributed by atoms with Crippen LogP contribution in [0.1, 0.15) is 44.9 Å². The van der Waals surface area contributed by atoms with E-state index in [0.29, 0.717) is 32.5 Å². The number of piperidine rings is 1. The SMILES string of the molecule is CCc1nccn1CCC(=O)NCC[C@H]1CCCCN1S(C)(=O)=O. The summed E-state index contributed by atoms with van der Waals surface area (Å²) in [5.41, 5.74) is 0. The van der Waals surface area contributed by atoms with Crippen molar-refractivity contribution in [3.05, 3.63) is 18.2 Å². The van der Waals surface area contributed by atoms with Crippen molar-refractivity contribution in [3.8, 4) is 0 Å². The number of rotatable bonds is 8. The number of nitrogens with one attached hydrogen (secondary N) is 1. The molecule has 1 aliphatic rings. The first-order chi connectivity index (χ1) is 11.4. The summed E-state index contributed by atoms with van der Waals surface area (Å²) >= 11 is 0. The maximum atomic E-state index is 12.0. The summed E-state index contributed by atoms with van der Waals surface area (Å²) in [6.45, 7) is 3.77. The van der Waals surface area contributed by atoms with Gasteiger partial charge in [0.25, 0.3) is 0 Å². The Morgan fingerprint density at radius 2 is 2.21 bits per heavy atom. The predicted octanol–water partition coefficient (Wildman–Crippen LogP) is 1.16. The molecule has 8 heteroatoms. The number of aryl methyl sites for hydroxylation is 2. The summed E-state index contributed by atoms with van der Waals surface area (Å²) in [5.74, 6) is 0.973. The van der Waals surface area contributed by atoms with Gasteiger partial charge in [-0.25, -0.2) is 13.4 Å². The second kappa shape index (κ2) is 8.62. The molecule has 0 aliphatic carbocycles. The molecule has 7 nitrogen and oxygen atoms in total. The van der Waals surface area contributed by atoms with Crippen molar-refractivity contribution >= 4 is 15.9 Å². The van der Waals surface area contributed by atoms with Gasteiger partial charge in [-0.15, -0.1) is 0 Å². The Labute approximate surface area is 144 Å². The molecule has 1 amide bonds. The first-order valence-electron chi connectivity index (χ1n) is 8.65. The summed E-state index contributed by atoms with van der Waals surface area (Å²) in [6.07, 6.45) is 9.66. The molecule has 1 atom stereocenters. The number of aromatic nitrogens is 2. The predicted molar refractivity (Wildman–Crippen MR) is 93.0 cm³/mol. The van der Waals surface area contributed by atoms with Crippen LogP contribution in [-0.4, -0.2) is 53.6 Å². The molecule has 1 N–H and O–H groups in total. The first-order valence-corrected chi connectivity index (χ1v) is 10.5. The zero-order valence-corrected chi connectivity index (χ0v) is 15.4. The molecule has 24 heavy (non-hydrogen) atoms. The molecule has 0 spiro atoms. The number of hydrogen-bond donors (Lipinski definition) is 1. The van der Waals surface area contributed by atoms with Gasteiger partial charge in [-0.05, 0) is 19.3 Å². The maximum absolute atomic E-state index is 12.0. The number of hydrogen-bond acceptors (Lipinski definition) is 4. The van der Waals surface area contributed by atoms with Gasteiger partial charge in [0.2, 0.25) is 15.9 Å². The first kappa shape index (κ1) is 18.9. The maximum Gasteiger partial charge on any atom is 0.221 e. The third kappa shape index (κ3) is 5.31. The average molecular weight is 356 g/mol. The second-order valence-electron chi connectivity index (χ2n) is 6.30. The number of imidazole rings is 1.